The molecule has 6 heteroatoms. The van der Waals surface area contributed by atoms with Gasteiger partial charge < -0.3 is 5.32 Å². The molecule has 1 fully saturated rings. The van der Waals surface area contributed by atoms with Gasteiger partial charge in [0.05, 0.1) is 4.90 Å². The topological polar surface area (TPSA) is 58.2 Å². The fourth-order valence-electron chi connectivity index (χ4n) is 2.78. The molecule has 1 aliphatic carbocycles. The fraction of sp³-hybridized carbons (Fsp3) is 0.600. The Hall–Kier alpha value is -0.430. The molecule has 1 aromatic carbocycles. The van der Waals surface area contributed by atoms with Crippen LogP contribution < -0.4 is 10.0 Å². The van der Waals surface area contributed by atoms with E-state index in [-0.39, 0.29) is 5.54 Å². The van der Waals surface area contributed by atoms with E-state index in [1.54, 1.807) is 6.07 Å². The standard InChI is InChI=1S/C15H23BrN2O2S/c1-3-17-11-12-6-7-14(13(16)10-12)21(19,20)18-15(2)8-4-5-9-15/h6-7,10,17-18H,3-5,8-9,11H2,1-2H3. The Morgan fingerprint density at radius 1 is 1.29 bits per heavy atom. The molecule has 0 radical (unpaired) electrons. The molecule has 0 saturated heterocycles. The van der Waals surface area contributed by atoms with Crippen molar-refractivity contribution < 1.29 is 8.42 Å². The van der Waals surface area contributed by atoms with E-state index >= 15 is 0 Å². The highest BCUT2D eigenvalue weighted by Gasteiger charge is 2.34. The number of nitrogens with one attached hydrogen (secondary N) is 2. The Labute approximate surface area is 135 Å². The van der Waals surface area contributed by atoms with E-state index in [2.05, 4.69) is 26.0 Å². The van der Waals surface area contributed by atoms with E-state index in [1.807, 2.05) is 26.0 Å². The van der Waals surface area contributed by atoms with E-state index in [0.717, 1.165) is 44.3 Å². The first kappa shape index (κ1) is 16.9. The minimum Gasteiger partial charge on any atom is -0.313 e. The summed E-state index contributed by atoms with van der Waals surface area (Å²) < 4.78 is 28.7. The number of halogens is 1. The van der Waals surface area contributed by atoms with Crippen molar-refractivity contribution in [2.45, 2.75) is 56.5 Å². The number of sulfonamides is 1. The van der Waals surface area contributed by atoms with Crippen LogP contribution in [0.3, 0.4) is 0 Å². The van der Waals surface area contributed by atoms with Crippen molar-refractivity contribution in [3.63, 3.8) is 0 Å². The van der Waals surface area contributed by atoms with Crippen LogP contribution in [0.1, 0.15) is 45.1 Å². The van der Waals surface area contributed by atoms with Gasteiger partial charge in [0, 0.05) is 16.6 Å². The van der Waals surface area contributed by atoms with E-state index in [0.29, 0.717) is 9.37 Å². The van der Waals surface area contributed by atoms with Gasteiger partial charge in [0.25, 0.3) is 0 Å². The molecular weight excluding hydrogens is 352 g/mol. The van der Waals surface area contributed by atoms with Crippen molar-refractivity contribution in [3.8, 4) is 0 Å². The molecule has 2 N–H and O–H groups in total. The summed E-state index contributed by atoms with van der Waals surface area (Å²) in [6, 6.07) is 5.41. The van der Waals surface area contributed by atoms with Gasteiger partial charge in [0.2, 0.25) is 10.0 Å². The van der Waals surface area contributed by atoms with Gasteiger partial charge in [0.15, 0.2) is 0 Å². The third kappa shape index (κ3) is 4.28. The first-order valence-electron chi connectivity index (χ1n) is 7.39. The fourth-order valence-corrected chi connectivity index (χ4v) is 5.37. The Morgan fingerprint density at radius 3 is 2.52 bits per heavy atom. The number of rotatable bonds is 6. The molecule has 4 nitrogen and oxygen atoms in total. The zero-order valence-corrected chi connectivity index (χ0v) is 15.0. The highest BCUT2D eigenvalue weighted by molar-refractivity contribution is 9.10. The van der Waals surface area contributed by atoms with Crippen LogP contribution in [-0.4, -0.2) is 20.5 Å². The van der Waals surface area contributed by atoms with E-state index < -0.39 is 10.0 Å². The zero-order chi connectivity index (χ0) is 15.5. The molecule has 0 bridgehead atoms. The maximum Gasteiger partial charge on any atom is 0.242 e. The van der Waals surface area contributed by atoms with Gasteiger partial charge in [-0.2, -0.15) is 0 Å². The highest BCUT2D eigenvalue weighted by atomic mass is 79.9. The van der Waals surface area contributed by atoms with Crippen LogP contribution in [0.5, 0.6) is 0 Å². The van der Waals surface area contributed by atoms with Crippen molar-refractivity contribution in [2.75, 3.05) is 6.54 Å². The van der Waals surface area contributed by atoms with Gasteiger partial charge in [-0.05, 0) is 59.9 Å². The lowest BCUT2D eigenvalue weighted by molar-refractivity contribution is 0.427. The van der Waals surface area contributed by atoms with Gasteiger partial charge in [-0.1, -0.05) is 25.8 Å². The highest BCUT2D eigenvalue weighted by Crippen LogP contribution is 2.32. The Bertz CT molecular complexity index is 596. The lowest BCUT2D eigenvalue weighted by Crippen LogP contribution is -2.43. The zero-order valence-electron chi connectivity index (χ0n) is 12.6. The Kier molecular flexibility index (Phi) is 5.46. The maximum absolute atomic E-state index is 12.6. The summed E-state index contributed by atoms with van der Waals surface area (Å²) in [5.74, 6) is 0. The lowest BCUT2D eigenvalue weighted by atomic mass is 10.0. The number of benzene rings is 1. The molecule has 21 heavy (non-hydrogen) atoms. The second kappa shape index (κ2) is 6.77. The van der Waals surface area contributed by atoms with E-state index in [9.17, 15) is 8.42 Å². The largest absolute Gasteiger partial charge is 0.313 e. The summed E-state index contributed by atoms with van der Waals surface area (Å²) >= 11 is 3.39. The van der Waals surface area contributed by atoms with Crippen molar-refractivity contribution in [1.82, 2.24) is 10.0 Å². The van der Waals surface area contributed by atoms with Gasteiger partial charge in [0.1, 0.15) is 0 Å². The summed E-state index contributed by atoms with van der Waals surface area (Å²) in [7, 11) is -3.49. The third-order valence-electron chi connectivity index (χ3n) is 3.95. The molecule has 0 aromatic heterocycles. The Morgan fingerprint density at radius 2 is 1.95 bits per heavy atom. The summed E-state index contributed by atoms with van der Waals surface area (Å²) in [4.78, 5) is 0.316. The summed E-state index contributed by atoms with van der Waals surface area (Å²) in [6.07, 6.45) is 3.98. The van der Waals surface area contributed by atoms with Crippen molar-refractivity contribution in [3.05, 3.63) is 28.2 Å². The van der Waals surface area contributed by atoms with Crippen molar-refractivity contribution >= 4 is 26.0 Å². The van der Waals surface area contributed by atoms with Crippen molar-refractivity contribution in [1.29, 1.82) is 0 Å². The molecule has 0 amide bonds. The molecule has 0 atom stereocenters. The van der Waals surface area contributed by atoms with Crippen LogP contribution in [0.2, 0.25) is 0 Å². The minimum absolute atomic E-state index is 0.305. The van der Waals surface area contributed by atoms with Gasteiger partial charge >= 0.3 is 0 Å². The van der Waals surface area contributed by atoms with Crippen LogP contribution in [0.4, 0.5) is 0 Å². The average molecular weight is 375 g/mol. The molecule has 0 spiro atoms. The van der Waals surface area contributed by atoms with Crippen LogP contribution in [0.15, 0.2) is 27.6 Å². The molecule has 0 heterocycles. The summed E-state index contributed by atoms with van der Waals surface area (Å²) in [5.41, 5.74) is 0.760. The summed E-state index contributed by atoms with van der Waals surface area (Å²) in [5, 5.41) is 3.23. The van der Waals surface area contributed by atoms with Crippen LogP contribution in [0, 0.1) is 0 Å². The minimum atomic E-state index is -3.49. The van der Waals surface area contributed by atoms with Crippen LogP contribution >= 0.6 is 15.9 Å². The maximum atomic E-state index is 12.6. The van der Waals surface area contributed by atoms with Crippen LogP contribution in [-0.2, 0) is 16.6 Å². The number of hydrogen-bond acceptors (Lipinski definition) is 3. The third-order valence-corrected chi connectivity index (χ3v) is 6.57. The molecule has 1 aliphatic rings. The smallest absolute Gasteiger partial charge is 0.242 e. The van der Waals surface area contributed by atoms with Crippen molar-refractivity contribution in [2.24, 2.45) is 0 Å². The van der Waals surface area contributed by atoms with Gasteiger partial charge in [-0.25, -0.2) is 13.1 Å². The quantitative estimate of drug-likeness (QED) is 0.803. The molecule has 2 rings (SSSR count). The predicted octanol–water partition coefficient (Wildman–Crippen LogP) is 3.17. The second-order valence-corrected chi connectivity index (χ2v) is 8.42. The normalized spacial score (nSPS) is 18.0. The van der Waals surface area contributed by atoms with Crippen LogP contribution in [0.25, 0.3) is 0 Å². The second-order valence-electron chi connectivity index (χ2n) is 5.92. The molecule has 118 valence electrons. The van der Waals surface area contributed by atoms with Gasteiger partial charge in [-0.3, -0.25) is 0 Å². The molecule has 1 saturated carbocycles. The van der Waals surface area contributed by atoms with E-state index in [1.165, 1.54) is 0 Å². The molecule has 0 aliphatic heterocycles. The van der Waals surface area contributed by atoms with E-state index in [4.69, 9.17) is 0 Å². The SMILES string of the molecule is CCNCc1ccc(S(=O)(=O)NC2(C)CCCC2)c(Br)c1. The van der Waals surface area contributed by atoms with Gasteiger partial charge in [-0.15, -0.1) is 0 Å². The first-order valence-corrected chi connectivity index (χ1v) is 9.67. The molecule has 1 aromatic rings. The predicted molar refractivity (Wildman–Crippen MR) is 88.7 cm³/mol. The molecular formula is C15H23BrN2O2S. The monoisotopic (exact) mass is 374 g/mol. The average Bonchev–Trinajstić information content (AvgIpc) is 2.81. The lowest BCUT2D eigenvalue weighted by Gasteiger charge is -2.25. The first-order chi connectivity index (χ1) is 9.86. The summed E-state index contributed by atoms with van der Waals surface area (Å²) in [6.45, 7) is 5.66. The Balaban J connectivity index is 2.20. The molecule has 0 unspecified atom stereocenters. The number of hydrogen-bond donors (Lipinski definition) is 2.